The average Bonchev–Trinajstić information content (AvgIpc) is 3.15. The van der Waals surface area contributed by atoms with Crippen molar-refractivity contribution in [1.29, 1.82) is 0 Å². The summed E-state index contributed by atoms with van der Waals surface area (Å²) in [5, 5.41) is 12.6. The zero-order valence-electron chi connectivity index (χ0n) is 12.1. The third-order valence-electron chi connectivity index (χ3n) is 3.21. The van der Waals surface area contributed by atoms with Gasteiger partial charge in [0.15, 0.2) is 11.5 Å². The summed E-state index contributed by atoms with van der Waals surface area (Å²) in [6.45, 7) is 3.43. The smallest absolute Gasteiger partial charge is 0.323 e. The standard InChI is InChI=1S/C13H18N6O2/c1-3-4-7-18(2)13(21)14-11-10(15-17-16-11)12(20)19-8-5-6-9-19/h5-9H2,1-2H3,(H2,14,15,16,17,21). The van der Waals surface area contributed by atoms with Gasteiger partial charge >= 0.3 is 6.03 Å². The first-order valence-electron chi connectivity index (χ1n) is 6.75. The molecule has 2 rings (SSSR count). The molecule has 8 heteroatoms. The molecule has 0 unspecified atom stereocenters. The summed E-state index contributed by atoms with van der Waals surface area (Å²) in [6, 6.07) is -0.387. The summed E-state index contributed by atoms with van der Waals surface area (Å²) in [7, 11) is 1.61. The van der Waals surface area contributed by atoms with Crippen molar-refractivity contribution in [3.8, 4) is 11.8 Å². The summed E-state index contributed by atoms with van der Waals surface area (Å²) >= 11 is 0. The van der Waals surface area contributed by atoms with E-state index in [-0.39, 0.29) is 23.5 Å². The monoisotopic (exact) mass is 290 g/mol. The first kappa shape index (κ1) is 14.8. The van der Waals surface area contributed by atoms with Crippen LogP contribution in [0.1, 0.15) is 30.3 Å². The molecule has 0 aromatic carbocycles. The summed E-state index contributed by atoms with van der Waals surface area (Å²) in [4.78, 5) is 27.3. The van der Waals surface area contributed by atoms with E-state index < -0.39 is 0 Å². The molecule has 8 nitrogen and oxygen atoms in total. The van der Waals surface area contributed by atoms with Crippen LogP contribution in [-0.2, 0) is 0 Å². The van der Waals surface area contributed by atoms with Crippen LogP contribution in [0.25, 0.3) is 0 Å². The highest BCUT2D eigenvalue weighted by Crippen LogP contribution is 2.16. The number of carbonyl (C=O) groups excluding carboxylic acids is 2. The molecule has 2 N–H and O–H groups in total. The van der Waals surface area contributed by atoms with E-state index in [2.05, 4.69) is 32.6 Å². The molecular formula is C13H18N6O2. The van der Waals surface area contributed by atoms with E-state index in [1.807, 2.05) is 0 Å². The molecule has 1 saturated heterocycles. The van der Waals surface area contributed by atoms with Gasteiger partial charge in [-0.3, -0.25) is 10.1 Å². The Kier molecular flexibility index (Phi) is 4.77. The summed E-state index contributed by atoms with van der Waals surface area (Å²) in [5.41, 5.74) is 0.139. The molecule has 112 valence electrons. The number of carbonyl (C=O) groups is 2. The van der Waals surface area contributed by atoms with Crippen molar-refractivity contribution in [3.63, 3.8) is 0 Å². The van der Waals surface area contributed by atoms with Gasteiger partial charge in [-0.05, 0) is 19.8 Å². The predicted molar refractivity (Wildman–Crippen MR) is 76.6 cm³/mol. The highest BCUT2D eigenvalue weighted by Gasteiger charge is 2.26. The number of aromatic nitrogens is 3. The van der Waals surface area contributed by atoms with Crippen molar-refractivity contribution in [2.75, 3.05) is 32.0 Å². The third-order valence-corrected chi connectivity index (χ3v) is 3.21. The number of urea groups is 1. The van der Waals surface area contributed by atoms with E-state index in [4.69, 9.17) is 0 Å². The Morgan fingerprint density at radius 3 is 2.76 bits per heavy atom. The fraction of sp³-hybridized carbons (Fsp3) is 0.538. The molecule has 1 aliphatic heterocycles. The zero-order valence-corrected chi connectivity index (χ0v) is 12.1. The van der Waals surface area contributed by atoms with Gasteiger partial charge in [-0.1, -0.05) is 5.92 Å². The second-order valence-corrected chi connectivity index (χ2v) is 4.73. The number of hydrogen-bond acceptors (Lipinski definition) is 4. The van der Waals surface area contributed by atoms with E-state index in [0.717, 1.165) is 12.8 Å². The molecule has 1 aliphatic rings. The number of amides is 3. The number of likely N-dealkylation sites (tertiary alicyclic amines) is 1. The quantitative estimate of drug-likeness (QED) is 0.794. The SMILES string of the molecule is CC#CCN(C)C(=O)Nc1n[nH]nc1C(=O)N1CCCC1. The van der Waals surface area contributed by atoms with Crippen LogP contribution in [0.15, 0.2) is 0 Å². The number of anilines is 1. The summed E-state index contributed by atoms with van der Waals surface area (Å²) in [6.07, 6.45) is 1.98. The fourth-order valence-electron chi connectivity index (χ4n) is 2.00. The number of hydrogen-bond donors (Lipinski definition) is 2. The minimum atomic E-state index is -0.387. The molecular weight excluding hydrogens is 272 g/mol. The van der Waals surface area contributed by atoms with Crippen LogP contribution in [0.2, 0.25) is 0 Å². The Balaban J connectivity index is 2.04. The van der Waals surface area contributed by atoms with Gasteiger partial charge in [0.25, 0.3) is 5.91 Å². The minimum absolute atomic E-state index is 0.139. The van der Waals surface area contributed by atoms with E-state index in [1.54, 1.807) is 18.9 Å². The Labute approximate surface area is 122 Å². The van der Waals surface area contributed by atoms with Gasteiger partial charge in [0, 0.05) is 20.1 Å². The number of H-pyrrole nitrogens is 1. The van der Waals surface area contributed by atoms with Crippen LogP contribution < -0.4 is 5.32 Å². The Morgan fingerprint density at radius 2 is 2.10 bits per heavy atom. The van der Waals surface area contributed by atoms with Gasteiger partial charge in [0.2, 0.25) is 0 Å². The molecule has 0 aliphatic carbocycles. The van der Waals surface area contributed by atoms with E-state index in [9.17, 15) is 9.59 Å². The molecule has 2 heterocycles. The Bertz CT molecular complexity index is 579. The highest BCUT2D eigenvalue weighted by molar-refractivity contribution is 6.00. The molecule has 0 bridgehead atoms. The van der Waals surface area contributed by atoms with E-state index >= 15 is 0 Å². The van der Waals surface area contributed by atoms with Crippen LogP contribution in [0.3, 0.4) is 0 Å². The van der Waals surface area contributed by atoms with Crippen molar-refractivity contribution in [3.05, 3.63) is 5.69 Å². The molecule has 0 saturated carbocycles. The third kappa shape index (κ3) is 3.51. The normalized spacial score (nSPS) is 13.5. The fourth-order valence-corrected chi connectivity index (χ4v) is 2.00. The first-order valence-corrected chi connectivity index (χ1v) is 6.75. The second kappa shape index (κ2) is 6.74. The van der Waals surface area contributed by atoms with E-state index in [1.165, 1.54) is 4.90 Å². The highest BCUT2D eigenvalue weighted by atomic mass is 16.2. The molecule has 0 spiro atoms. The van der Waals surface area contributed by atoms with Crippen molar-refractivity contribution in [1.82, 2.24) is 25.2 Å². The number of nitrogens with one attached hydrogen (secondary N) is 2. The lowest BCUT2D eigenvalue weighted by atomic mass is 10.3. The first-order chi connectivity index (χ1) is 10.1. The topological polar surface area (TPSA) is 94.2 Å². The Morgan fingerprint density at radius 1 is 1.38 bits per heavy atom. The maximum Gasteiger partial charge on any atom is 0.323 e. The predicted octanol–water partition coefficient (Wildman–Crippen LogP) is 0.528. The molecule has 0 radical (unpaired) electrons. The summed E-state index contributed by atoms with van der Waals surface area (Å²) < 4.78 is 0. The van der Waals surface area contributed by atoms with Crippen molar-refractivity contribution < 1.29 is 9.59 Å². The van der Waals surface area contributed by atoms with E-state index in [0.29, 0.717) is 19.6 Å². The molecule has 1 aromatic heterocycles. The maximum atomic E-state index is 12.3. The molecule has 1 fully saturated rings. The number of rotatable bonds is 3. The lowest BCUT2D eigenvalue weighted by molar-refractivity contribution is 0.0788. The van der Waals surface area contributed by atoms with Crippen LogP contribution in [-0.4, -0.2) is 63.8 Å². The van der Waals surface area contributed by atoms with Gasteiger partial charge in [0.05, 0.1) is 6.54 Å². The van der Waals surface area contributed by atoms with Crippen molar-refractivity contribution in [2.45, 2.75) is 19.8 Å². The van der Waals surface area contributed by atoms with Crippen LogP contribution >= 0.6 is 0 Å². The second-order valence-electron chi connectivity index (χ2n) is 4.73. The van der Waals surface area contributed by atoms with Crippen molar-refractivity contribution >= 4 is 17.8 Å². The maximum absolute atomic E-state index is 12.3. The number of nitrogens with zero attached hydrogens (tertiary/aromatic N) is 4. The zero-order chi connectivity index (χ0) is 15.2. The van der Waals surface area contributed by atoms with Crippen LogP contribution in [0.5, 0.6) is 0 Å². The van der Waals surface area contributed by atoms with Crippen LogP contribution in [0.4, 0.5) is 10.6 Å². The molecule has 3 amide bonds. The molecule has 0 atom stereocenters. The molecule has 1 aromatic rings. The Hall–Kier alpha value is -2.56. The number of aromatic amines is 1. The average molecular weight is 290 g/mol. The van der Waals surface area contributed by atoms with Gasteiger partial charge < -0.3 is 9.80 Å². The largest absolute Gasteiger partial charge is 0.337 e. The minimum Gasteiger partial charge on any atom is -0.337 e. The van der Waals surface area contributed by atoms with Crippen molar-refractivity contribution in [2.24, 2.45) is 0 Å². The molecule has 21 heavy (non-hydrogen) atoms. The van der Waals surface area contributed by atoms with Gasteiger partial charge in [-0.2, -0.15) is 5.21 Å². The van der Waals surface area contributed by atoms with Crippen LogP contribution in [0, 0.1) is 11.8 Å². The lowest BCUT2D eigenvalue weighted by Gasteiger charge is -2.16. The summed E-state index contributed by atoms with van der Waals surface area (Å²) in [5.74, 6) is 5.43. The lowest BCUT2D eigenvalue weighted by Crippen LogP contribution is -2.33. The van der Waals surface area contributed by atoms with Gasteiger partial charge in [-0.15, -0.1) is 16.1 Å². The van der Waals surface area contributed by atoms with Gasteiger partial charge in [-0.25, -0.2) is 4.79 Å². The van der Waals surface area contributed by atoms with Gasteiger partial charge in [0.1, 0.15) is 0 Å².